The number of sulfone groups is 1. The number of rotatable bonds is 7. The standard InChI is InChI=1S/C12H21N3O2S/c1-4-13-9-10-15(5-2)12-11(18(3,16)17)7-6-8-14-12/h6-8,13H,4-5,9-10H2,1-3H3. The van der Waals surface area contributed by atoms with Gasteiger partial charge in [-0.3, -0.25) is 0 Å². The lowest BCUT2D eigenvalue weighted by Gasteiger charge is -2.23. The first kappa shape index (κ1) is 14.9. The van der Waals surface area contributed by atoms with Crippen LogP contribution in [0.15, 0.2) is 23.2 Å². The number of nitrogens with one attached hydrogen (secondary N) is 1. The van der Waals surface area contributed by atoms with Crippen LogP contribution in [0.2, 0.25) is 0 Å². The number of aromatic nitrogens is 1. The van der Waals surface area contributed by atoms with Crippen molar-refractivity contribution in [1.82, 2.24) is 10.3 Å². The minimum atomic E-state index is -3.24. The topological polar surface area (TPSA) is 62.3 Å². The maximum Gasteiger partial charge on any atom is 0.179 e. The highest BCUT2D eigenvalue weighted by Gasteiger charge is 2.17. The van der Waals surface area contributed by atoms with E-state index in [2.05, 4.69) is 10.3 Å². The molecule has 102 valence electrons. The molecule has 0 aliphatic heterocycles. The first-order valence-corrected chi connectivity index (χ1v) is 8.00. The average molecular weight is 271 g/mol. The lowest BCUT2D eigenvalue weighted by atomic mass is 10.4. The van der Waals surface area contributed by atoms with Gasteiger partial charge in [0.2, 0.25) is 0 Å². The number of hydrogen-bond donors (Lipinski definition) is 1. The Morgan fingerprint density at radius 1 is 1.39 bits per heavy atom. The normalized spacial score (nSPS) is 11.5. The van der Waals surface area contributed by atoms with Gasteiger partial charge in [0.05, 0.1) is 0 Å². The van der Waals surface area contributed by atoms with Crippen molar-refractivity contribution in [1.29, 1.82) is 0 Å². The molecule has 0 aliphatic carbocycles. The molecule has 1 aromatic rings. The first-order chi connectivity index (χ1) is 8.50. The molecule has 5 nitrogen and oxygen atoms in total. The van der Waals surface area contributed by atoms with Crippen LogP contribution < -0.4 is 10.2 Å². The van der Waals surface area contributed by atoms with Gasteiger partial charge in [-0.2, -0.15) is 0 Å². The molecule has 0 atom stereocenters. The summed E-state index contributed by atoms with van der Waals surface area (Å²) in [5.74, 6) is 0.542. The number of hydrogen-bond acceptors (Lipinski definition) is 5. The molecule has 1 N–H and O–H groups in total. The summed E-state index contributed by atoms with van der Waals surface area (Å²) in [5, 5.41) is 3.22. The zero-order chi connectivity index (χ0) is 13.6. The molecule has 1 rings (SSSR count). The maximum absolute atomic E-state index is 11.7. The van der Waals surface area contributed by atoms with Crippen LogP contribution in [0.5, 0.6) is 0 Å². The molecule has 0 bridgehead atoms. The van der Waals surface area contributed by atoms with Crippen molar-refractivity contribution in [2.75, 3.05) is 37.3 Å². The molecular formula is C12H21N3O2S. The Morgan fingerprint density at radius 3 is 2.67 bits per heavy atom. The van der Waals surface area contributed by atoms with Gasteiger partial charge in [-0.15, -0.1) is 0 Å². The summed E-state index contributed by atoms with van der Waals surface area (Å²) in [6, 6.07) is 3.26. The van der Waals surface area contributed by atoms with Crippen molar-refractivity contribution in [3.05, 3.63) is 18.3 Å². The van der Waals surface area contributed by atoms with Crippen molar-refractivity contribution in [2.24, 2.45) is 0 Å². The van der Waals surface area contributed by atoms with E-state index in [0.29, 0.717) is 10.7 Å². The zero-order valence-electron chi connectivity index (χ0n) is 11.2. The van der Waals surface area contributed by atoms with Gasteiger partial charge in [0.25, 0.3) is 0 Å². The van der Waals surface area contributed by atoms with Crippen LogP contribution in [0.25, 0.3) is 0 Å². The second kappa shape index (κ2) is 6.70. The van der Waals surface area contributed by atoms with Crippen LogP contribution in [0, 0.1) is 0 Å². The van der Waals surface area contributed by atoms with E-state index in [-0.39, 0.29) is 0 Å². The average Bonchev–Trinajstić information content (AvgIpc) is 2.34. The molecule has 0 aromatic carbocycles. The molecule has 0 spiro atoms. The quantitative estimate of drug-likeness (QED) is 0.747. The van der Waals surface area contributed by atoms with E-state index >= 15 is 0 Å². The summed E-state index contributed by atoms with van der Waals surface area (Å²) in [6.45, 7) is 7.21. The van der Waals surface area contributed by atoms with Crippen molar-refractivity contribution >= 4 is 15.7 Å². The first-order valence-electron chi connectivity index (χ1n) is 6.11. The highest BCUT2D eigenvalue weighted by Crippen LogP contribution is 2.21. The van der Waals surface area contributed by atoms with Crippen LogP contribution in [0.4, 0.5) is 5.82 Å². The minimum Gasteiger partial charge on any atom is -0.355 e. The molecule has 1 heterocycles. The zero-order valence-corrected chi connectivity index (χ0v) is 12.0. The van der Waals surface area contributed by atoms with Crippen LogP contribution in [0.1, 0.15) is 13.8 Å². The van der Waals surface area contributed by atoms with Gasteiger partial charge in [0, 0.05) is 32.1 Å². The summed E-state index contributed by atoms with van der Waals surface area (Å²) in [5.41, 5.74) is 0. The number of pyridine rings is 1. The summed E-state index contributed by atoms with van der Waals surface area (Å²) in [6.07, 6.45) is 2.84. The highest BCUT2D eigenvalue weighted by atomic mass is 32.2. The fourth-order valence-corrected chi connectivity index (χ4v) is 2.55. The third kappa shape index (κ3) is 3.96. The molecule has 1 aromatic heterocycles. The van der Waals surface area contributed by atoms with E-state index in [4.69, 9.17) is 0 Å². The second-order valence-electron chi connectivity index (χ2n) is 4.03. The second-order valence-corrected chi connectivity index (χ2v) is 6.01. The fourth-order valence-electron chi connectivity index (χ4n) is 1.71. The van der Waals surface area contributed by atoms with Gasteiger partial charge < -0.3 is 10.2 Å². The summed E-state index contributed by atoms with van der Waals surface area (Å²) in [4.78, 5) is 6.48. The van der Waals surface area contributed by atoms with Crippen molar-refractivity contribution in [2.45, 2.75) is 18.7 Å². The number of anilines is 1. The number of nitrogens with zero attached hydrogens (tertiary/aromatic N) is 2. The van der Waals surface area contributed by atoms with E-state index in [1.807, 2.05) is 18.7 Å². The molecule has 0 radical (unpaired) electrons. The van der Waals surface area contributed by atoms with Crippen molar-refractivity contribution in [3.63, 3.8) is 0 Å². The molecule has 0 saturated heterocycles. The summed E-state index contributed by atoms with van der Waals surface area (Å²) < 4.78 is 23.4. The van der Waals surface area contributed by atoms with Gasteiger partial charge in [-0.25, -0.2) is 13.4 Å². The molecule has 18 heavy (non-hydrogen) atoms. The van der Waals surface area contributed by atoms with Gasteiger partial charge in [-0.1, -0.05) is 6.92 Å². The lowest BCUT2D eigenvalue weighted by Crippen LogP contribution is -2.33. The van der Waals surface area contributed by atoms with Gasteiger partial charge >= 0.3 is 0 Å². The minimum absolute atomic E-state index is 0.295. The van der Waals surface area contributed by atoms with Crippen LogP contribution in [0.3, 0.4) is 0 Å². The monoisotopic (exact) mass is 271 g/mol. The Morgan fingerprint density at radius 2 is 2.11 bits per heavy atom. The highest BCUT2D eigenvalue weighted by molar-refractivity contribution is 7.90. The predicted octanol–water partition coefficient (Wildman–Crippen LogP) is 0.921. The maximum atomic E-state index is 11.7. The van der Waals surface area contributed by atoms with Crippen LogP contribution in [-0.2, 0) is 9.84 Å². The third-order valence-electron chi connectivity index (χ3n) is 2.64. The predicted molar refractivity (Wildman–Crippen MR) is 73.8 cm³/mol. The van der Waals surface area contributed by atoms with Gasteiger partial charge in [-0.05, 0) is 25.6 Å². The summed E-state index contributed by atoms with van der Waals surface area (Å²) in [7, 11) is -3.24. The molecule has 6 heteroatoms. The Bertz CT molecular complexity index is 474. The molecule has 0 amide bonds. The van der Waals surface area contributed by atoms with Crippen LogP contribution in [-0.4, -0.2) is 45.8 Å². The Labute approximate surface area is 109 Å². The SMILES string of the molecule is CCNCCN(CC)c1ncccc1S(C)(=O)=O. The molecule has 0 aliphatic rings. The molecule has 0 saturated carbocycles. The Hall–Kier alpha value is -1.14. The van der Waals surface area contributed by atoms with E-state index in [1.165, 1.54) is 6.26 Å². The van der Waals surface area contributed by atoms with Gasteiger partial charge in [0.15, 0.2) is 9.84 Å². The van der Waals surface area contributed by atoms with E-state index in [1.54, 1.807) is 18.3 Å². The lowest BCUT2D eigenvalue weighted by molar-refractivity contribution is 0.600. The van der Waals surface area contributed by atoms with E-state index < -0.39 is 9.84 Å². The van der Waals surface area contributed by atoms with E-state index in [9.17, 15) is 8.42 Å². The number of likely N-dealkylation sites (N-methyl/N-ethyl adjacent to an activating group) is 2. The fraction of sp³-hybridized carbons (Fsp3) is 0.583. The molecule has 0 fully saturated rings. The van der Waals surface area contributed by atoms with Crippen LogP contribution >= 0.6 is 0 Å². The summed E-state index contributed by atoms with van der Waals surface area (Å²) >= 11 is 0. The largest absolute Gasteiger partial charge is 0.355 e. The third-order valence-corrected chi connectivity index (χ3v) is 3.76. The molecule has 0 unspecified atom stereocenters. The Kier molecular flexibility index (Phi) is 5.55. The van der Waals surface area contributed by atoms with E-state index in [0.717, 1.165) is 26.2 Å². The van der Waals surface area contributed by atoms with Gasteiger partial charge in [0.1, 0.15) is 10.7 Å². The van der Waals surface area contributed by atoms with Crippen molar-refractivity contribution in [3.8, 4) is 0 Å². The Balaban J connectivity index is 2.99. The molecular weight excluding hydrogens is 250 g/mol. The van der Waals surface area contributed by atoms with Crippen molar-refractivity contribution < 1.29 is 8.42 Å². The smallest absolute Gasteiger partial charge is 0.179 e.